The average molecular weight is 323 g/mol. The van der Waals surface area contributed by atoms with Crippen molar-refractivity contribution in [3.05, 3.63) is 0 Å². The van der Waals surface area contributed by atoms with Gasteiger partial charge < -0.3 is 9.04 Å². The van der Waals surface area contributed by atoms with Crippen LogP contribution in [0.3, 0.4) is 0 Å². The van der Waals surface area contributed by atoms with Gasteiger partial charge >= 0.3 is 10.4 Å². The predicted octanol–water partition coefficient (Wildman–Crippen LogP) is -0.0114. The van der Waals surface area contributed by atoms with Crippen molar-refractivity contribution in [3.63, 3.8) is 0 Å². The number of likely N-dealkylation sites (tertiary alicyclic amines) is 1. The molecule has 1 fully saturated rings. The Balaban J connectivity index is 0. The molecule has 118 valence electrons. The second-order valence-corrected chi connectivity index (χ2v) is 6.07. The molecule has 19 heavy (non-hydrogen) atoms. The van der Waals surface area contributed by atoms with Crippen LogP contribution in [0.5, 0.6) is 0 Å². The van der Waals surface area contributed by atoms with Crippen molar-refractivity contribution < 1.29 is 39.5 Å². The first-order valence-electron chi connectivity index (χ1n) is 5.48. The molecule has 0 spiro atoms. The fraction of sp³-hybridized carbons (Fsp3) is 1.00. The van der Waals surface area contributed by atoms with Gasteiger partial charge in [0.2, 0.25) is 10.4 Å². The molecule has 0 unspecified atom stereocenters. The lowest BCUT2D eigenvalue weighted by Gasteiger charge is -2.36. The van der Waals surface area contributed by atoms with E-state index in [-0.39, 0.29) is 0 Å². The standard InChI is InChI=1S/C8H18N.2H2O4S/c1-3-9(2)7-5-4-6-8-9;2*1-5(2,3)4/h3-8H2,1-2H3;2*(H2,1,2,3,4)/q+1;;/p-1. The lowest BCUT2D eigenvalue weighted by Crippen LogP contribution is -2.47. The summed E-state index contributed by atoms with van der Waals surface area (Å²) in [6.45, 7) is 6.44. The van der Waals surface area contributed by atoms with E-state index in [2.05, 4.69) is 14.0 Å². The van der Waals surface area contributed by atoms with Gasteiger partial charge in [0.25, 0.3) is 0 Å². The van der Waals surface area contributed by atoms with E-state index < -0.39 is 20.8 Å². The molecule has 11 heteroatoms. The maximum atomic E-state index is 8.74. The lowest BCUT2D eigenvalue weighted by molar-refractivity contribution is -0.912. The van der Waals surface area contributed by atoms with E-state index in [0.29, 0.717) is 0 Å². The molecule has 1 aliphatic rings. The molecule has 0 aromatic heterocycles. The summed E-state index contributed by atoms with van der Waals surface area (Å²) in [6.07, 6.45) is 4.36. The number of rotatable bonds is 1. The zero-order chi connectivity index (χ0) is 15.7. The zero-order valence-electron chi connectivity index (χ0n) is 10.9. The third-order valence-electron chi connectivity index (χ3n) is 2.66. The SMILES string of the molecule is CC[N+]1(C)CCCCC1.O=S(=O)(O)O.O=S(=O)([O-])O. The van der Waals surface area contributed by atoms with Gasteiger partial charge in [-0.3, -0.25) is 13.7 Å². The topological polar surface area (TPSA) is 152 Å². The van der Waals surface area contributed by atoms with Gasteiger partial charge in [0.15, 0.2) is 0 Å². The Morgan fingerprint density at radius 2 is 1.26 bits per heavy atom. The fourth-order valence-corrected chi connectivity index (χ4v) is 1.59. The lowest BCUT2D eigenvalue weighted by atomic mass is 10.1. The van der Waals surface area contributed by atoms with E-state index in [1.807, 2.05) is 0 Å². The molecular formula is C8H21NO8S2. The Kier molecular flexibility index (Phi) is 9.72. The van der Waals surface area contributed by atoms with E-state index in [1.54, 1.807) is 0 Å². The summed E-state index contributed by atoms with van der Waals surface area (Å²) in [5.41, 5.74) is 0. The van der Waals surface area contributed by atoms with Gasteiger partial charge in [-0.05, 0) is 26.2 Å². The zero-order valence-corrected chi connectivity index (χ0v) is 12.5. The highest BCUT2D eigenvalue weighted by Gasteiger charge is 2.21. The fourth-order valence-electron chi connectivity index (χ4n) is 1.59. The molecule has 0 bridgehead atoms. The van der Waals surface area contributed by atoms with Crippen LogP contribution < -0.4 is 0 Å². The van der Waals surface area contributed by atoms with Gasteiger partial charge in [-0.25, -0.2) is 8.42 Å². The van der Waals surface area contributed by atoms with Gasteiger partial charge in [0.05, 0.1) is 26.7 Å². The normalized spacial score (nSPS) is 18.4. The smallest absolute Gasteiger partial charge is 0.394 e. The van der Waals surface area contributed by atoms with Crippen LogP contribution in [-0.2, 0) is 20.8 Å². The van der Waals surface area contributed by atoms with E-state index >= 15 is 0 Å². The highest BCUT2D eigenvalue weighted by atomic mass is 32.3. The van der Waals surface area contributed by atoms with Crippen molar-refractivity contribution in [1.82, 2.24) is 0 Å². The van der Waals surface area contributed by atoms with Crippen LogP contribution in [0, 0.1) is 0 Å². The molecule has 0 radical (unpaired) electrons. The molecule has 1 aliphatic heterocycles. The van der Waals surface area contributed by atoms with Crippen molar-refractivity contribution in [2.75, 3.05) is 26.7 Å². The van der Waals surface area contributed by atoms with Crippen molar-refractivity contribution in [1.29, 1.82) is 0 Å². The quantitative estimate of drug-likeness (QED) is 0.346. The minimum Gasteiger partial charge on any atom is -0.726 e. The number of hydrogen-bond donors (Lipinski definition) is 3. The van der Waals surface area contributed by atoms with Gasteiger partial charge in [-0.1, -0.05) is 0 Å². The molecule has 0 amide bonds. The molecular weight excluding hydrogens is 302 g/mol. The molecule has 0 atom stereocenters. The van der Waals surface area contributed by atoms with Gasteiger partial charge in [-0.15, -0.1) is 0 Å². The number of quaternary nitrogens is 1. The van der Waals surface area contributed by atoms with Crippen LogP contribution in [-0.4, -0.2) is 66.2 Å². The van der Waals surface area contributed by atoms with Crippen molar-refractivity contribution >= 4 is 20.8 Å². The van der Waals surface area contributed by atoms with E-state index in [0.717, 1.165) is 0 Å². The first-order chi connectivity index (χ1) is 8.27. The van der Waals surface area contributed by atoms with Crippen molar-refractivity contribution in [2.45, 2.75) is 26.2 Å². The Bertz CT molecular complexity index is 378. The second kappa shape index (κ2) is 8.79. The van der Waals surface area contributed by atoms with Crippen LogP contribution in [0.2, 0.25) is 0 Å². The first kappa shape index (κ1) is 21.0. The maximum Gasteiger partial charge on any atom is 0.394 e. The molecule has 0 saturated carbocycles. The molecule has 0 aromatic rings. The van der Waals surface area contributed by atoms with E-state index in [1.165, 1.54) is 43.4 Å². The third-order valence-corrected chi connectivity index (χ3v) is 2.66. The highest BCUT2D eigenvalue weighted by molar-refractivity contribution is 7.80. The Hall–Kier alpha value is -0.300. The number of piperidine rings is 1. The molecule has 0 aromatic carbocycles. The molecule has 1 rings (SSSR count). The van der Waals surface area contributed by atoms with Crippen LogP contribution in [0.1, 0.15) is 26.2 Å². The monoisotopic (exact) mass is 323 g/mol. The minimum absolute atomic E-state index is 1.32. The average Bonchev–Trinajstić information content (AvgIpc) is 2.14. The summed E-state index contributed by atoms with van der Waals surface area (Å²) in [5.74, 6) is 0. The summed E-state index contributed by atoms with van der Waals surface area (Å²) in [7, 11) is -7.21. The largest absolute Gasteiger partial charge is 0.726 e. The van der Waals surface area contributed by atoms with E-state index in [9.17, 15) is 0 Å². The molecule has 9 nitrogen and oxygen atoms in total. The minimum atomic E-state index is -4.92. The van der Waals surface area contributed by atoms with Crippen molar-refractivity contribution in [2.24, 2.45) is 0 Å². The third kappa shape index (κ3) is 27.0. The van der Waals surface area contributed by atoms with Gasteiger partial charge in [0.1, 0.15) is 0 Å². The molecule has 1 saturated heterocycles. The Morgan fingerprint density at radius 3 is 1.42 bits per heavy atom. The number of hydrogen-bond acceptors (Lipinski definition) is 5. The maximum absolute atomic E-state index is 8.74. The first-order valence-corrected chi connectivity index (χ1v) is 8.25. The van der Waals surface area contributed by atoms with Crippen LogP contribution in [0.25, 0.3) is 0 Å². The Morgan fingerprint density at radius 1 is 1.00 bits per heavy atom. The Labute approximate surface area is 114 Å². The van der Waals surface area contributed by atoms with E-state index in [4.69, 9.17) is 35.0 Å². The van der Waals surface area contributed by atoms with Gasteiger partial charge in [-0.2, -0.15) is 8.42 Å². The van der Waals surface area contributed by atoms with Gasteiger partial charge in [0, 0.05) is 0 Å². The summed E-state index contributed by atoms with van der Waals surface area (Å²) >= 11 is 0. The molecule has 0 aliphatic carbocycles. The summed E-state index contributed by atoms with van der Waals surface area (Å²) < 4.78 is 65.7. The summed E-state index contributed by atoms with van der Waals surface area (Å²) in [4.78, 5) is 0. The number of nitrogens with zero attached hydrogens (tertiary/aromatic N) is 1. The predicted molar refractivity (Wildman–Crippen MR) is 66.8 cm³/mol. The molecule has 1 heterocycles. The van der Waals surface area contributed by atoms with Crippen LogP contribution in [0.15, 0.2) is 0 Å². The van der Waals surface area contributed by atoms with Crippen LogP contribution in [0.4, 0.5) is 0 Å². The second-order valence-electron chi connectivity index (χ2n) is 4.32. The van der Waals surface area contributed by atoms with Crippen molar-refractivity contribution in [3.8, 4) is 0 Å². The molecule has 3 N–H and O–H groups in total. The summed E-state index contributed by atoms with van der Waals surface area (Å²) in [5, 5.41) is 0. The van der Waals surface area contributed by atoms with Crippen LogP contribution >= 0.6 is 0 Å². The summed E-state index contributed by atoms with van der Waals surface area (Å²) in [6, 6.07) is 0. The highest BCUT2D eigenvalue weighted by Crippen LogP contribution is 2.14.